The van der Waals surface area contributed by atoms with E-state index in [9.17, 15) is 0 Å². The van der Waals surface area contributed by atoms with Crippen molar-refractivity contribution in [3.05, 3.63) is 24.2 Å². The summed E-state index contributed by atoms with van der Waals surface area (Å²) in [6, 6.07) is 4.50. The Bertz CT molecular complexity index is 454. The van der Waals surface area contributed by atoms with Gasteiger partial charge in [0.05, 0.1) is 6.26 Å². The van der Waals surface area contributed by atoms with Gasteiger partial charge in [0.25, 0.3) is 0 Å². The van der Waals surface area contributed by atoms with Crippen LogP contribution in [-0.4, -0.2) is 18.5 Å². The van der Waals surface area contributed by atoms with Gasteiger partial charge >= 0.3 is 0 Å². The smallest absolute Gasteiger partial charge is 0.191 e. The highest BCUT2D eigenvalue weighted by Gasteiger charge is 2.43. The van der Waals surface area contributed by atoms with Crippen LogP contribution in [0.4, 0.5) is 0 Å². The molecular weight excluding hydrogens is 389 g/mol. The predicted molar refractivity (Wildman–Crippen MR) is 101 cm³/mol. The van der Waals surface area contributed by atoms with Crippen LogP contribution in [0.15, 0.2) is 27.8 Å². The summed E-state index contributed by atoms with van der Waals surface area (Å²) in [4.78, 5) is 4.62. The van der Waals surface area contributed by atoms with Gasteiger partial charge in [0.15, 0.2) is 5.96 Å². The first-order valence-electron chi connectivity index (χ1n) is 8.44. The maximum Gasteiger partial charge on any atom is 0.191 e. The van der Waals surface area contributed by atoms with Gasteiger partial charge in [0.1, 0.15) is 12.3 Å². The van der Waals surface area contributed by atoms with E-state index in [1.54, 1.807) is 6.26 Å². The fourth-order valence-corrected chi connectivity index (χ4v) is 3.52. The normalized spacial score (nSPS) is 25.4. The van der Waals surface area contributed by atoms with Crippen LogP contribution in [0.5, 0.6) is 0 Å². The Kier molecular flexibility index (Phi) is 7.05. The number of hydrogen-bond donors (Lipinski definition) is 2. The maximum absolute atomic E-state index is 5.34. The molecule has 0 bridgehead atoms. The Balaban J connectivity index is 0.00000176. The molecule has 5 heteroatoms. The first-order valence-corrected chi connectivity index (χ1v) is 8.44. The van der Waals surface area contributed by atoms with Gasteiger partial charge in [-0.25, -0.2) is 4.99 Å². The van der Waals surface area contributed by atoms with Gasteiger partial charge in [-0.05, 0) is 37.3 Å². The molecule has 0 aromatic carbocycles. The second-order valence-electron chi connectivity index (χ2n) is 6.32. The van der Waals surface area contributed by atoms with Crippen LogP contribution in [-0.2, 0) is 6.54 Å². The third-order valence-corrected chi connectivity index (χ3v) is 4.73. The number of halogens is 1. The number of guanidine groups is 1. The minimum absolute atomic E-state index is 0. The molecule has 1 aromatic rings. The molecule has 0 spiro atoms. The minimum Gasteiger partial charge on any atom is -0.467 e. The monoisotopic (exact) mass is 417 g/mol. The summed E-state index contributed by atoms with van der Waals surface area (Å²) in [5, 5.41) is 6.94. The van der Waals surface area contributed by atoms with Gasteiger partial charge in [-0.3, -0.25) is 0 Å². The molecular formula is C17H28IN3O. The van der Waals surface area contributed by atoms with Crippen molar-refractivity contribution in [3.63, 3.8) is 0 Å². The fraction of sp³-hybridized carbons (Fsp3) is 0.706. The lowest BCUT2D eigenvalue weighted by molar-refractivity contribution is 0.315. The SMILES string of the molecule is CCNC(=NCc1ccco1)NC1CC1C1CCCCC1.I. The second kappa shape index (κ2) is 8.79. The molecule has 2 unspecified atom stereocenters. The lowest BCUT2D eigenvalue weighted by Crippen LogP contribution is -2.39. The number of rotatable bonds is 5. The average molecular weight is 417 g/mol. The lowest BCUT2D eigenvalue weighted by Gasteiger charge is -2.22. The molecule has 1 aromatic heterocycles. The zero-order valence-electron chi connectivity index (χ0n) is 13.4. The molecule has 4 nitrogen and oxygen atoms in total. The molecule has 0 radical (unpaired) electrons. The summed E-state index contributed by atoms with van der Waals surface area (Å²) in [6.07, 6.45) is 10.2. The molecule has 0 aliphatic heterocycles. The largest absolute Gasteiger partial charge is 0.467 e. The number of nitrogens with one attached hydrogen (secondary N) is 2. The Labute approximate surface area is 150 Å². The van der Waals surface area contributed by atoms with E-state index in [2.05, 4.69) is 22.5 Å². The van der Waals surface area contributed by atoms with Gasteiger partial charge in [-0.2, -0.15) is 0 Å². The summed E-state index contributed by atoms with van der Waals surface area (Å²) in [6.45, 7) is 3.60. The highest BCUT2D eigenvalue weighted by Crippen LogP contribution is 2.44. The number of hydrogen-bond acceptors (Lipinski definition) is 2. The summed E-state index contributed by atoms with van der Waals surface area (Å²) in [7, 11) is 0. The zero-order valence-corrected chi connectivity index (χ0v) is 15.7. The Hall–Kier alpha value is -0.720. The number of furan rings is 1. The summed E-state index contributed by atoms with van der Waals surface area (Å²) < 4.78 is 5.34. The van der Waals surface area contributed by atoms with E-state index in [-0.39, 0.29) is 24.0 Å². The highest BCUT2D eigenvalue weighted by molar-refractivity contribution is 14.0. The van der Waals surface area contributed by atoms with Crippen LogP contribution in [0, 0.1) is 11.8 Å². The summed E-state index contributed by atoms with van der Waals surface area (Å²) >= 11 is 0. The summed E-state index contributed by atoms with van der Waals surface area (Å²) in [5.74, 6) is 3.66. The molecule has 0 amide bonds. The van der Waals surface area contributed by atoms with E-state index in [1.807, 2.05) is 12.1 Å². The van der Waals surface area contributed by atoms with Crippen molar-refractivity contribution in [2.75, 3.05) is 6.54 Å². The molecule has 2 aliphatic rings. The third-order valence-electron chi connectivity index (χ3n) is 4.73. The number of aliphatic imine (C=N–C) groups is 1. The second-order valence-corrected chi connectivity index (χ2v) is 6.32. The topological polar surface area (TPSA) is 49.6 Å². The van der Waals surface area contributed by atoms with Crippen molar-refractivity contribution in [3.8, 4) is 0 Å². The highest BCUT2D eigenvalue weighted by atomic mass is 127. The first kappa shape index (κ1) is 17.6. The fourth-order valence-electron chi connectivity index (χ4n) is 3.52. The van der Waals surface area contributed by atoms with Gasteiger partial charge in [-0.15, -0.1) is 24.0 Å². The first-order chi connectivity index (χ1) is 10.4. The van der Waals surface area contributed by atoms with Crippen LogP contribution < -0.4 is 10.6 Å². The molecule has 2 fully saturated rings. The van der Waals surface area contributed by atoms with Gasteiger partial charge < -0.3 is 15.1 Å². The predicted octanol–water partition coefficient (Wildman–Crippen LogP) is 3.92. The average Bonchev–Trinajstić information content (AvgIpc) is 3.08. The molecule has 2 saturated carbocycles. The van der Waals surface area contributed by atoms with E-state index >= 15 is 0 Å². The van der Waals surface area contributed by atoms with Crippen LogP contribution in [0.2, 0.25) is 0 Å². The standard InChI is InChI=1S/C17H27N3O.HI/c1-2-18-17(19-12-14-9-6-10-21-14)20-16-11-15(16)13-7-4-3-5-8-13;/h6,9-10,13,15-16H,2-5,7-8,11-12H2,1H3,(H2,18,19,20);1H. The van der Waals surface area contributed by atoms with Crippen molar-refractivity contribution in [2.45, 2.75) is 58.0 Å². The molecule has 124 valence electrons. The van der Waals surface area contributed by atoms with Crippen molar-refractivity contribution in [2.24, 2.45) is 16.8 Å². The lowest BCUT2D eigenvalue weighted by atomic mass is 9.85. The van der Waals surface area contributed by atoms with Crippen LogP contribution in [0.3, 0.4) is 0 Å². The third kappa shape index (κ3) is 4.89. The van der Waals surface area contributed by atoms with Crippen molar-refractivity contribution >= 4 is 29.9 Å². The Morgan fingerprint density at radius 3 is 2.82 bits per heavy atom. The van der Waals surface area contributed by atoms with E-state index in [0.29, 0.717) is 12.6 Å². The van der Waals surface area contributed by atoms with Crippen LogP contribution in [0.1, 0.15) is 51.2 Å². The molecule has 2 atom stereocenters. The Morgan fingerprint density at radius 2 is 2.14 bits per heavy atom. The van der Waals surface area contributed by atoms with Gasteiger partial charge in [0, 0.05) is 12.6 Å². The Morgan fingerprint density at radius 1 is 1.32 bits per heavy atom. The number of nitrogens with zero attached hydrogens (tertiary/aromatic N) is 1. The van der Waals surface area contributed by atoms with E-state index < -0.39 is 0 Å². The molecule has 22 heavy (non-hydrogen) atoms. The molecule has 1 heterocycles. The summed E-state index contributed by atoms with van der Waals surface area (Å²) in [5.41, 5.74) is 0. The molecule has 2 N–H and O–H groups in total. The van der Waals surface area contributed by atoms with Crippen LogP contribution >= 0.6 is 24.0 Å². The van der Waals surface area contributed by atoms with Crippen molar-refractivity contribution < 1.29 is 4.42 Å². The van der Waals surface area contributed by atoms with E-state index in [0.717, 1.165) is 30.1 Å². The minimum atomic E-state index is 0. The molecule has 0 saturated heterocycles. The molecule has 2 aliphatic carbocycles. The van der Waals surface area contributed by atoms with Gasteiger partial charge in [-0.1, -0.05) is 32.1 Å². The zero-order chi connectivity index (χ0) is 14.5. The van der Waals surface area contributed by atoms with E-state index in [4.69, 9.17) is 4.42 Å². The van der Waals surface area contributed by atoms with Crippen LogP contribution in [0.25, 0.3) is 0 Å². The maximum atomic E-state index is 5.34. The van der Waals surface area contributed by atoms with Crippen molar-refractivity contribution in [1.29, 1.82) is 0 Å². The van der Waals surface area contributed by atoms with Crippen molar-refractivity contribution in [1.82, 2.24) is 10.6 Å². The van der Waals surface area contributed by atoms with E-state index in [1.165, 1.54) is 38.5 Å². The molecule has 3 rings (SSSR count). The van der Waals surface area contributed by atoms with Gasteiger partial charge in [0.2, 0.25) is 0 Å². The quantitative estimate of drug-likeness (QED) is 0.434.